The number of amides is 1. The first-order valence-corrected chi connectivity index (χ1v) is 9.24. The molecular formula is C21H32N2O2. The Bertz CT molecular complexity index is 567. The van der Waals surface area contributed by atoms with Crippen LogP contribution in [0.25, 0.3) is 6.08 Å². The normalized spacial score (nSPS) is 16.8. The van der Waals surface area contributed by atoms with E-state index >= 15 is 0 Å². The van der Waals surface area contributed by atoms with Gasteiger partial charge in [0.1, 0.15) is 5.60 Å². The maximum absolute atomic E-state index is 12.1. The molecule has 0 aromatic heterocycles. The van der Waals surface area contributed by atoms with Crippen LogP contribution in [0.15, 0.2) is 35.9 Å². The molecule has 4 heteroatoms. The summed E-state index contributed by atoms with van der Waals surface area (Å²) < 4.78 is 5.45. The topological polar surface area (TPSA) is 41.6 Å². The average molecular weight is 344 g/mol. The predicted molar refractivity (Wildman–Crippen MR) is 103 cm³/mol. The van der Waals surface area contributed by atoms with E-state index in [1.54, 1.807) is 0 Å². The van der Waals surface area contributed by atoms with Gasteiger partial charge in [-0.05, 0) is 58.6 Å². The fraction of sp³-hybridized carbons (Fsp3) is 0.571. The minimum Gasteiger partial charge on any atom is -0.444 e. The van der Waals surface area contributed by atoms with E-state index < -0.39 is 5.60 Å². The second kappa shape index (κ2) is 9.04. The Kier molecular flexibility index (Phi) is 7.06. The molecule has 1 fully saturated rings. The van der Waals surface area contributed by atoms with Gasteiger partial charge in [0.05, 0.1) is 0 Å². The first kappa shape index (κ1) is 19.5. The lowest BCUT2D eigenvalue weighted by molar-refractivity contribution is 0.0184. The standard InChI is InChI=1S/C21H32N2O2/c1-17(14-18-8-6-5-7-9-18)15-22-16-19-10-12-23(13-11-19)20(24)25-21(2,3)4/h5-9,14,19,22H,10-13,15-16H2,1-4H3/b17-14+. The fourth-order valence-corrected chi connectivity index (χ4v) is 3.00. The average Bonchev–Trinajstić information content (AvgIpc) is 2.55. The Labute approximate surface area is 152 Å². The number of carbonyl (C=O) groups excluding carboxylic acids is 1. The molecule has 25 heavy (non-hydrogen) atoms. The van der Waals surface area contributed by atoms with Crippen molar-refractivity contribution >= 4 is 12.2 Å². The molecule has 1 aliphatic heterocycles. The van der Waals surface area contributed by atoms with E-state index in [0.29, 0.717) is 5.92 Å². The second-order valence-corrected chi connectivity index (χ2v) is 7.94. The van der Waals surface area contributed by atoms with Gasteiger partial charge in [-0.15, -0.1) is 0 Å². The maximum Gasteiger partial charge on any atom is 0.410 e. The highest BCUT2D eigenvalue weighted by atomic mass is 16.6. The Balaban J connectivity index is 1.67. The molecule has 1 aromatic carbocycles. The van der Waals surface area contributed by atoms with Gasteiger partial charge in [0, 0.05) is 19.6 Å². The number of likely N-dealkylation sites (tertiary alicyclic amines) is 1. The summed E-state index contributed by atoms with van der Waals surface area (Å²) in [7, 11) is 0. The molecule has 0 spiro atoms. The zero-order valence-corrected chi connectivity index (χ0v) is 16.0. The first-order valence-electron chi connectivity index (χ1n) is 9.24. The second-order valence-electron chi connectivity index (χ2n) is 7.94. The number of rotatable bonds is 5. The number of nitrogens with one attached hydrogen (secondary N) is 1. The Hall–Kier alpha value is -1.81. The lowest BCUT2D eigenvalue weighted by Crippen LogP contribution is -2.43. The quantitative estimate of drug-likeness (QED) is 0.864. The van der Waals surface area contributed by atoms with Gasteiger partial charge in [-0.1, -0.05) is 42.0 Å². The van der Waals surface area contributed by atoms with Gasteiger partial charge in [0.15, 0.2) is 0 Å². The molecule has 1 aliphatic rings. The third-order valence-electron chi connectivity index (χ3n) is 4.32. The van der Waals surface area contributed by atoms with E-state index in [4.69, 9.17) is 4.74 Å². The van der Waals surface area contributed by atoms with E-state index in [1.807, 2.05) is 31.7 Å². The van der Waals surface area contributed by atoms with Crippen LogP contribution in [0.4, 0.5) is 4.79 Å². The largest absolute Gasteiger partial charge is 0.444 e. The van der Waals surface area contributed by atoms with Crippen LogP contribution < -0.4 is 5.32 Å². The van der Waals surface area contributed by atoms with Crippen molar-refractivity contribution in [1.29, 1.82) is 0 Å². The van der Waals surface area contributed by atoms with Crippen LogP contribution >= 0.6 is 0 Å². The molecule has 4 nitrogen and oxygen atoms in total. The zero-order chi connectivity index (χ0) is 18.3. The number of piperidine rings is 1. The van der Waals surface area contributed by atoms with E-state index in [-0.39, 0.29) is 6.09 Å². The number of ether oxygens (including phenoxy) is 1. The Morgan fingerprint density at radius 2 is 1.88 bits per heavy atom. The molecule has 0 aliphatic carbocycles. The highest BCUT2D eigenvalue weighted by Crippen LogP contribution is 2.19. The van der Waals surface area contributed by atoms with Gasteiger partial charge in [-0.25, -0.2) is 4.79 Å². The van der Waals surface area contributed by atoms with Crippen LogP contribution in [-0.4, -0.2) is 42.8 Å². The molecule has 0 bridgehead atoms. The summed E-state index contributed by atoms with van der Waals surface area (Å²) in [5.41, 5.74) is 2.16. The van der Waals surface area contributed by atoms with Gasteiger partial charge in [0.2, 0.25) is 0 Å². The number of carbonyl (C=O) groups is 1. The van der Waals surface area contributed by atoms with E-state index in [0.717, 1.165) is 39.0 Å². The summed E-state index contributed by atoms with van der Waals surface area (Å²) in [5.74, 6) is 0.628. The molecule has 2 rings (SSSR count). The number of hydrogen-bond donors (Lipinski definition) is 1. The number of nitrogens with zero attached hydrogens (tertiary/aromatic N) is 1. The molecule has 1 amide bonds. The lowest BCUT2D eigenvalue weighted by atomic mass is 9.97. The van der Waals surface area contributed by atoms with Crippen molar-refractivity contribution in [3.8, 4) is 0 Å². The molecule has 1 heterocycles. The first-order chi connectivity index (χ1) is 11.8. The van der Waals surface area contributed by atoms with Crippen LogP contribution in [0.2, 0.25) is 0 Å². The minimum atomic E-state index is -0.419. The third-order valence-corrected chi connectivity index (χ3v) is 4.32. The summed E-state index contributed by atoms with van der Waals surface area (Å²) in [4.78, 5) is 13.9. The summed E-state index contributed by atoms with van der Waals surface area (Å²) in [6.07, 6.45) is 4.11. The van der Waals surface area contributed by atoms with Crippen LogP contribution in [0.3, 0.4) is 0 Å². The van der Waals surface area contributed by atoms with Gasteiger partial charge in [-0.2, -0.15) is 0 Å². The molecule has 0 saturated carbocycles. The molecule has 138 valence electrons. The Morgan fingerprint density at radius 3 is 2.48 bits per heavy atom. The lowest BCUT2D eigenvalue weighted by Gasteiger charge is -2.33. The molecule has 1 aromatic rings. The highest BCUT2D eigenvalue weighted by Gasteiger charge is 2.26. The summed E-state index contributed by atoms with van der Waals surface area (Å²) in [5, 5.41) is 3.55. The van der Waals surface area contributed by atoms with Crippen molar-refractivity contribution in [3.63, 3.8) is 0 Å². The highest BCUT2D eigenvalue weighted by molar-refractivity contribution is 5.68. The fourth-order valence-electron chi connectivity index (χ4n) is 3.00. The predicted octanol–water partition coefficient (Wildman–Crippen LogP) is 4.33. The van der Waals surface area contributed by atoms with Crippen LogP contribution in [-0.2, 0) is 4.74 Å². The molecule has 1 N–H and O–H groups in total. The van der Waals surface area contributed by atoms with Crippen LogP contribution in [0.5, 0.6) is 0 Å². The SMILES string of the molecule is C/C(=C\c1ccccc1)CNCC1CCN(C(=O)OC(C)(C)C)CC1. The minimum absolute atomic E-state index is 0.180. The Morgan fingerprint density at radius 1 is 1.24 bits per heavy atom. The van der Waals surface area contributed by atoms with E-state index in [2.05, 4.69) is 42.6 Å². The summed E-state index contributed by atoms with van der Waals surface area (Å²) >= 11 is 0. The van der Waals surface area contributed by atoms with Crippen LogP contribution in [0.1, 0.15) is 46.1 Å². The molecule has 0 atom stereocenters. The van der Waals surface area contributed by atoms with Crippen molar-refractivity contribution in [2.75, 3.05) is 26.2 Å². The zero-order valence-electron chi connectivity index (χ0n) is 16.0. The number of benzene rings is 1. The molecule has 0 radical (unpaired) electrons. The smallest absolute Gasteiger partial charge is 0.410 e. The summed E-state index contributed by atoms with van der Waals surface area (Å²) in [6, 6.07) is 10.4. The van der Waals surface area contributed by atoms with Gasteiger partial charge >= 0.3 is 6.09 Å². The van der Waals surface area contributed by atoms with Crippen molar-refractivity contribution < 1.29 is 9.53 Å². The van der Waals surface area contributed by atoms with Crippen molar-refractivity contribution in [1.82, 2.24) is 10.2 Å². The van der Waals surface area contributed by atoms with E-state index in [1.165, 1.54) is 11.1 Å². The third kappa shape index (κ3) is 7.30. The molecule has 0 unspecified atom stereocenters. The van der Waals surface area contributed by atoms with Gasteiger partial charge < -0.3 is 15.0 Å². The van der Waals surface area contributed by atoms with Gasteiger partial charge in [0.25, 0.3) is 0 Å². The van der Waals surface area contributed by atoms with Crippen molar-refractivity contribution in [3.05, 3.63) is 41.5 Å². The van der Waals surface area contributed by atoms with Crippen molar-refractivity contribution in [2.24, 2.45) is 5.92 Å². The summed E-state index contributed by atoms with van der Waals surface area (Å²) in [6.45, 7) is 11.4. The molecule has 1 saturated heterocycles. The van der Waals surface area contributed by atoms with E-state index in [9.17, 15) is 4.79 Å². The monoisotopic (exact) mass is 344 g/mol. The maximum atomic E-state index is 12.1. The number of hydrogen-bond acceptors (Lipinski definition) is 3. The molecular weight excluding hydrogens is 312 g/mol. The van der Waals surface area contributed by atoms with Crippen LogP contribution in [0, 0.1) is 5.92 Å². The van der Waals surface area contributed by atoms with Gasteiger partial charge in [-0.3, -0.25) is 0 Å². The van der Waals surface area contributed by atoms with Crippen molar-refractivity contribution in [2.45, 2.75) is 46.1 Å².